The van der Waals surface area contributed by atoms with Crippen LogP contribution in [0.2, 0.25) is 0 Å². The number of thioether (sulfide) groups is 1. The van der Waals surface area contributed by atoms with Gasteiger partial charge in [0.15, 0.2) is 4.34 Å². The summed E-state index contributed by atoms with van der Waals surface area (Å²) in [5.41, 5.74) is 5.84. The summed E-state index contributed by atoms with van der Waals surface area (Å²) in [5.74, 6) is -0.0405. The summed E-state index contributed by atoms with van der Waals surface area (Å²) in [6, 6.07) is 8.30. The number of carbonyl (C=O) groups is 1. The van der Waals surface area contributed by atoms with Crippen LogP contribution in [0.15, 0.2) is 34.0 Å². The molecule has 7 heteroatoms. The summed E-state index contributed by atoms with van der Waals surface area (Å²) in [7, 11) is 1.87. The van der Waals surface area contributed by atoms with Gasteiger partial charge < -0.3 is 5.32 Å². The standard InChI is InChI=1S/C19H22N4OS2/c1-11-6-8-15(9-7-11)16-10-25-19(20-16)26-14(4)18(24)21-17-12(2)22-23(5)13(17)3/h6-10,14H,1-5H3,(H,21,24). The maximum atomic E-state index is 12.6. The Morgan fingerprint density at radius 2 is 1.92 bits per heavy atom. The Balaban J connectivity index is 1.67. The van der Waals surface area contributed by atoms with Crippen LogP contribution < -0.4 is 5.32 Å². The van der Waals surface area contributed by atoms with Crippen molar-refractivity contribution < 1.29 is 4.79 Å². The van der Waals surface area contributed by atoms with Crippen molar-refractivity contribution in [2.45, 2.75) is 37.3 Å². The molecule has 26 heavy (non-hydrogen) atoms. The van der Waals surface area contributed by atoms with Crippen LogP contribution in [0, 0.1) is 20.8 Å². The zero-order chi connectivity index (χ0) is 18.8. The molecule has 3 rings (SSSR count). The zero-order valence-corrected chi connectivity index (χ0v) is 17.2. The van der Waals surface area contributed by atoms with Crippen molar-refractivity contribution >= 4 is 34.7 Å². The normalized spacial score (nSPS) is 12.2. The number of rotatable bonds is 5. The van der Waals surface area contributed by atoms with Crippen LogP contribution >= 0.6 is 23.1 Å². The second-order valence-electron chi connectivity index (χ2n) is 6.28. The third-order valence-corrected chi connectivity index (χ3v) is 6.31. The summed E-state index contributed by atoms with van der Waals surface area (Å²) >= 11 is 3.04. The molecule has 0 aliphatic carbocycles. The van der Waals surface area contributed by atoms with Crippen molar-refractivity contribution in [3.63, 3.8) is 0 Å². The fourth-order valence-electron chi connectivity index (χ4n) is 2.55. The molecule has 0 spiro atoms. The number of aryl methyl sites for hydroxylation is 3. The van der Waals surface area contributed by atoms with E-state index in [2.05, 4.69) is 46.6 Å². The van der Waals surface area contributed by atoms with Gasteiger partial charge in [0.2, 0.25) is 5.91 Å². The second kappa shape index (κ2) is 7.63. The van der Waals surface area contributed by atoms with E-state index in [0.717, 1.165) is 32.7 Å². The number of nitrogens with zero attached hydrogens (tertiary/aromatic N) is 3. The Kier molecular flexibility index (Phi) is 5.48. The second-order valence-corrected chi connectivity index (χ2v) is 8.73. The zero-order valence-electron chi connectivity index (χ0n) is 15.5. The quantitative estimate of drug-likeness (QED) is 0.652. The number of hydrogen-bond donors (Lipinski definition) is 1. The molecule has 1 N–H and O–H groups in total. The number of carbonyl (C=O) groups excluding carboxylic acids is 1. The number of anilines is 1. The molecule has 1 atom stereocenters. The number of thiazole rings is 1. The highest BCUT2D eigenvalue weighted by Crippen LogP contribution is 2.31. The molecule has 1 aromatic carbocycles. The van der Waals surface area contributed by atoms with Crippen molar-refractivity contribution in [3.8, 4) is 11.3 Å². The molecular weight excluding hydrogens is 364 g/mol. The topological polar surface area (TPSA) is 59.8 Å². The maximum Gasteiger partial charge on any atom is 0.237 e. The average molecular weight is 387 g/mol. The van der Waals surface area contributed by atoms with Crippen molar-refractivity contribution in [1.82, 2.24) is 14.8 Å². The lowest BCUT2D eigenvalue weighted by Gasteiger charge is -2.10. The summed E-state index contributed by atoms with van der Waals surface area (Å²) in [5, 5.41) is 9.12. The Morgan fingerprint density at radius 3 is 2.54 bits per heavy atom. The smallest absolute Gasteiger partial charge is 0.237 e. The SMILES string of the molecule is Cc1ccc(-c2csc(SC(C)C(=O)Nc3c(C)nn(C)c3C)n2)cc1. The summed E-state index contributed by atoms with van der Waals surface area (Å²) in [6.07, 6.45) is 0. The lowest BCUT2D eigenvalue weighted by molar-refractivity contribution is -0.115. The summed E-state index contributed by atoms with van der Waals surface area (Å²) in [6.45, 7) is 7.81. The van der Waals surface area contributed by atoms with Gasteiger partial charge in [-0.3, -0.25) is 9.48 Å². The third kappa shape index (κ3) is 3.99. The van der Waals surface area contributed by atoms with Crippen LogP contribution in [-0.4, -0.2) is 25.9 Å². The minimum absolute atomic E-state index is 0.0405. The van der Waals surface area contributed by atoms with Gasteiger partial charge in [0.1, 0.15) is 0 Å². The number of nitrogens with one attached hydrogen (secondary N) is 1. The molecule has 3 aromatic rings. The lowest BCUT2D eigenvalue weighted by atomic mass is 10.1. The van der Waals surface area contributed by atoms with Crippen LogP contribution in [0.1, 0.15) is 23.9 Å². The van der Waals surface area contributed by atoms with E-state index in [1.54, 1.807) is 16.0 Å². The van der Waals surface area contributed by atoms with Gasteiger partial charge in [-0.25, -0.2) is 4.98 Å². The van der Waals surface area contributed by atoms with Crippen LogP contribution in [0.4, 0.5) is 5.69 Å². The number of hydrogen-bond acceptors (Lipinski definition) is 5. The van der Waals surface area contributed by atoms with Gasteiger partial charge in [-0.05, 0) is 27.7 Å². The van der Waals surface area contributed by atoms with Gasteiger partial charge in [-0.15, -0.1) is 11.3 Å². The first-order chi connectivity index (χ1) is 12.3. The molecule has 1 amide bonds. The monoisotopic (exact) mass is 386 g/mol. The van der Waals surface area contributed by atoms with Gasteiger partial charge in [0.05, 0.1) is 28.0 Å². The van der Waals surface area contributed by atoms with E-state index in [4.69, 9.17) is 0 Å². The van der Waals surface area contributed by atoms with Gasteiger partial charge in [-0.1, -0.05) is 41.6 Å². The average Bonchev–Trinajstić information content (AvgIpc) is 3.15. The number of amides is 1. The highest BCUT2D eigenvalue weighted by atomic mass is 32.2. The minimum Gasteiger partial charge on any atom is -0.322 e. The minimum atomic E-state index is -0.244. The molecule has 0 saturated heterocycles. The first-order valence-electron chi connectivity index (χ1n) is 8.35. The molecule has 0 radical (unpaired) electrons. The molecule has 1 unspecified atom stereocenters. The summed E-state index contributed by atoms with van der Waals surface area (Å²) < 4.78 is 2.67. The van der Waals surface area contributed by atoms with E-state index >= 15 is 0 Å². The van der Waals surface area contributed by atoms with Crippen molar-refractivity contribution in [2.75, 3.05) is 5.32 Å². The molecule has 0 saturated carbocycles. The Morgan fingerprint density at radius 1 is 1.23 bits per heavy atom. The van der Waals surface area contributed by atoms with Crippen molar-refractivity contribution in [1.29, 1.82) is 0 Å². The lowest BCUT2D eigenvalue weighted by Crippen LogP contribution is -2.23. The molecule has 0 aliphatic rings. The molecule has 2 aromatic heterocycles. The van der Waals surface area contributed by atoms with Crippen molar-refractivity contribution in [3.05, 3.63) is 46.6 Å². The predicted octanol–water partition coefficient (Wildman–Crippen LogP) is 4.59. The molecule has 136 valence electrons. The van der Waals surface area contributed by atoms with E-state index in [1.807, 2.05) is 33.2 Å². The van der Waals surface area contributed by atoms with E-state index in [1.165, 1.54) is 17.3 Å². The first-order valence-corrected chi connectivity index (χ1v) is 10.1. The Labute approximate surface area is 161 Å². The number of benzene rings is 1. The van der Waals surface area contributed by atoms with Gasteiger partial charge in [-0.2, -0.15) is 5.10 Å². The highest BCUT2D eigenvalue weighted by molar-refractivity contribution is 8.02. The van der Waals surface area contributed by atoms with E-state index in [-0.39, 0.29) is 11.2 Å². The van der Waals surface area contributed by atoms with Crippen LogP contribution in [0.3, 0.4) is 0 Å². The van der Waals surface area contributed by atoms with Crippen molar-refractivity contribution in [2.24, 2.45) is 7.05 Å². The van der Waals surface area contributed by atoms with Crippen LogP contribution in [0.5, 0.6) is 0 Å². The molecule has 0 aliphatic heterocycles. The first kappa shape index (κ1) is 18.7. The summed E-state index contributed by atoms with van der Waals surface area (Å²) in [4.78, 5) is 17.2. The Bertz CT molecular complexity index is 928. The fraction of sp³-hybridized carbons (Fsp3) is 0.316. The highest BCUT2D eigenvalue weighted by Gasteiger charge is 2.20. The van der Waals surface area contributed by atoms with E-state index in [0.29, 0.717) is 0 Å². The third-order valence-electron chi connectivity index (χ3n) is 4.23. The van der Waals surface area contributed by atoms with E-state index in [9.17, 15) is 4.79 Å². The predicted molar refractivity (Wildman–Crippen MR) is 109 cm³/mol. The molecular formula is C19H22N4OS2. The maximum absolute atomic E-state index is 12.6. The van der Waals surface area contributed by atoms with Crippen LogP contribution in [-0.2, 0) is 11.8 Å². The molecule has 0 fully saturated rings. The molecule has 0 bridgehead atoms. The van der Waals surface area contributed by atoms with Gasteiger partial charge in [0, 0.05) is 18.0 Å². The fourth-order valence-corrected chi connectivity index (χ4v) is 4.52. The largest absolute Gasteiger partial charge is 0.322 e. The van der Waals surface area contributed by atoms with Gasteiger partial charge in [0.25, 0.3) is 0 Å². The molecule has 5 nitrogen and oxygen atoms in total. The molecule has 2 heterocycles. The van der Waals surface area contributed by atoms with Gasteiger partial charge >= 0.3 is 0 Å². The number of aromatic nitrogens is 3. The Hall–Kier alpha value is -2.12. The van der Waals surface area contributed by atoms with Crippen LogP contribution in [0.25, 0.3) is 11.3 Å². The van der Waals surface area contributed by atoms with E-state index < -0.39 is 0 Å².